The molecule has 8 nitrogen and oxygen atoms in total. The maximum absolute atomic E-state index is 12.6. The van der Waals surface area contributed by atoms with Crippen LogP contribution in [-0.4, -0.2) is 46.9 Å². The molecule has 0 unspecified atom stereocenters. The van der Waals surface area contributed by atoms with E-state index >= 15 is 0 Å². The third-order valence-electron chi connectivity index (χ3n) is 4.18. The Morgan fingerprint density at radius 1 is 1.14 bits per heavy atom. The summed E-state index contributed by atoms with van der Waals surface area (Å²) in [5, 5.41) is 2.69. The third kappa shape index (κ3) is 4.30. The fraction of sp³-hybridized carbons (Fsp3) is 0.316. The van der Waals surface area contributed by atoms with E-state index in [0.29, 0.717) is 41.8 Å². The molecule has 0 aliphatic carbocycles. The molecule has 0 saturated carbocycles. The number of methoxy groups -OCH3 is 1. The van der Waals surface area contributed by atoms with E-state index in [9.17, 15) is 13.2 Å². The lowest BCUT2D eigenvalue weighted by atomic mass is 10.2. The van der Waals surface area contributed by atoms with Crippen LogP contribution < -0.4 is 23.8 Å². The Morgan fingerprint density at radius 2 is 1.86 bits per heavy atom. The minimum atomic E-state index is -3.70. The SMILES string of the molecule is CCS(=O)(=O)N(CC(=O)Nc1ccccc1OC)c1ccc2c(c1)OCCO2. The van der Waals surface area contributed by atoms with Crippen LogP contribution in [0.2, 0.25) is 0 Å². The van der Waals surface area contributed by atoms with Gasteiger partial charge in [-0.05, 0) is 31.2 Å². The highest BCUT2D eigenvalue weighted by Crippen LogP contribution is 2.35. The Kier molecular flexibility index (Phi) is 5.93. The van der Waals surface area contributed by atoms with Gasteiger partial charge in [0.2, 0.25) is 15.9 Å². The number of para-hydroxylation sites is 2. The molecule has 2 aromatic rings. The standard InChI is InChI=1S/C19H22N2O6S/c1-3-28(23,24)21(14-8-9-17-18(12-14)27-11-10-26-17)13-19(22)20-15-6-4-5-7-16(15)25-2/h4-9,12H,3,10-11,13H2,1-2H3,(H,20,22). The molecule has 1 N–H and O–H groups in total. The first-order valence-electron chi connectivity index (χ1n) is 8.77. The van der Waals surface area contributed by atoms with Crippen LogP contribution in [-0.2, 0) is 14.8 Å². The van der Waals surface area contributed by atoms with Crippen molar-refractivity contribution in [2.24, 2.45) is 0 Å². The monoisotopic (exact) mass is 406 g/mol. The molecule has 0 spiro atoms. The highest BCUT2D eigenvalue weighted by Gasteiger charge is 2.25. The molecule has 0 bridgehead atoms. The number of nitrogens with one attached hydrogen (secondary N) is 1. The molecule has 9 heteroatoms. The van der Waals surface area contributed by atoms with Gasteiger partial charge in [-0.2, -0.15) is 0 Å². The Morgan fingerprint density at radius 3 is 2.57 bits per heavy atom. The first-order chi connectivity index (χ1) is 13.4. The number of hydrogen-bond donors (Lipinski definition) is 1. The first-order valence-corrected chi connectivity index (χ1v) is 10.4. The third-order valence-corrected chi connectivity index (χ3v) is 5.92. The van der Waals surface area contributed by atoms with Crippen molar-refractivity contribution in [1.82, 2.24) is 0 Å². The van der Waals surface area contributed by atoms with E-state index in [-0.39, 0.29) is 12.3 Å². The van der Waals surface area contributed by atoms with Crippen LogP contribution in [0.5, 0.6) is 17.2 Å². The number of nitrogens with zero attached hydrogens (tertiary/aromatic N) is 1. The lowest BCUT2D eigenvalue weighted by Gasteiger charge is -2.25. The van der Waals surface area contributed by atoms with E-state index in [4.69, 9.17) is 14.2 Å². The van der Waals surface area contributed by atoms with E-state index in [1.54, 1.807) is 42.5 Å². The molecule has 1 aliphatic heterocycles. The fourth-order valence-electron chi connectivity index (χ4n) is 2.76. The normalized spacial score (nSPS) is 12.9. The quantitative estimate of drug-likeness (QED) is 0.758. The molecule has 28 heavy (non-hydrogen) atoms. The predicted molar refractivity (Wildman–Crippen MR) is 106 cm³/mol. The topological polar surface area (TPSA) is 94.2 Å². The summed E-state index contributed by atoms with van der Waals surface area (Å²) in [5.74, 6) is 0.840. The Labute approximate surface area is 164 Å². The first kappa shape index (κ1) is 19.8. The van der Waals surface area contributed by atoms with Gasteiger partial charge in [0.05, 0.1) is 24.2 Å². The number of carbonyl (C=O) groups excluding carboxylic acids is 1. The highest BCUT2D eigenvalue weighted by atomic mass is 32.2. The van der Waals surface area contributed by atoms with Gasteiger partial charge in [-0.25, -0.2) is 8.42 Å². The molecule has 3 rings (SSSR count). The zero-order valence-electron chi connectivity index (χ0n) is 15.7. The minimum Gasteiger partial charge on any atom is -0.495 e. The summed E-state index contributed by atoms with van der Waals surface area (Å²) in [4.78, 5) is 12.6. The predicted octanol–water partition coefficient (Wildman–Crippen LogP) is 2.26. The second-order valence-electron chi connectivity index (χ2n) is 5.98. The zero-order chi connectivity index (χ0) is 20.1. The molecule has 0 saturated heterocycles. The molecule has 1 amide bonds. The van der Waals surface area contributed by atoms with Crippen LogP contribution in [0.4, 0.5) is 11.4 Å². The van der Waals surface area contributed by atoms with Gasteiger partial charge in [-0.3, -0.25) is 9.10 Å². The average Bonchev–Trinajstić information content (AvgIpc) is 2.72. The summed E-state index contributed by atoms with van der Waals surface area (Å²) in [5.41, 5.74) is 0.798. The van der Waals surface area contributed by atoms with Gasteiger partial charge >= 0.3 is 0 Å². The molecule has 0 aromatic heterocycles. The molecule has 1 heterocycles. The van der Waals surface area contributed by atoms with Crippen molar-refractivity contribution in [3.63, 3.8) is 0 Å². The van der Waals surface area contributed by atoms with Crippen molar-refractivity contribution in [2.75, 3.05) is 42.2 Å². The Balaban J connectivity index is 1.86. The lowest BCUT2D eigenvalue weighted by Crippen LogP contribution is -2.39. The van der Waals surface area contributed by atoms with Gasteiger partial charge < -0.3 is 19.5 Å². The number of benzene rings is 2. The molecule has 0 radical (unpaired) electrons. The molecule has 150 valence electrons. The maximum atomic E-state index is 12.6. The second kappa shape index (κ2) is 8.39. The number of sulfonamides is 1. The number of rotatable bonds is 7. The number of fused-ring (bicyclic) bond motifs is 1. The van der Waals surface area contributed by atoms with Crippen LogP contribution >= 0.6 is 0 Å². The summed E-state index contributed by atoms with van der Waals surface area (Å²) in [6, 6.07) is 11.7. The van der Waals surface area contributed by atoms with E-state index in [0.717, 1.165) is 4.31 Å². The smallest absolute Gasteiger partial charge is 0.245 e. The zero-order valence-corrected chi connectivity index (χ0v) is 16.5. The van der Waals surface area contributed by atoms with Crippen LogP contribution in [0.25, 0.3) is 0 Å². The number of anilines is 2. The van der Waals surface area contributed by atoms with E-state index in [1.165, 1.54) is 14.0 Å². The summed E-state index contributed by atoms with van der Waals surface area (Å²) >= 11 is 0. The fourth-order valence-corrected chi connectivity index (χ4v) is 3.82. The summed E-state index contributed by atoms with van der Waals surface area (Å²) < 4.78 is 42.5. The van der Waals surface area contributed by atoms with Crippen molar-refractivity contribution in [2.45, 2.75) is 6.92 Å². The Hall–Kier alpha value is -2.94. The van der Waals surface area contributed by atoms with Gasteiger partial charge in [0.25, 0.3) is 0 Å². The number of hydrogen-bond acceptors (Lipinski definition) is 6. The minimum absolute atomic E-state index is 0.149. The van der Waals surface area contributed by atoms with Crippen LogP contribution in [0.15, 0.2) is 42.5 Å². The number of amides is 1. The van der Waals surface area contributed by atoms with E-state index < -0.39 is 15.9 Å². The molecule has 1 aliphatic rings. The highest BCUT2D eigenvalue weighted by molar-refractivity contribution is 7.92. The molecule has 2 aromatic carbocycles. The maximum Gasteiger partial charge on any atom is 0.245 e. The second-order valence-corrected chi connectivity index (χ2v) is 8.17. The molecular weight excluding hydrogens is 384 g/mol. The van der Waals surface area contributed by atoms with Gasteiger partial charge in [-0.15, -0.1) is 0 Å². The molecular formula is C19H22N2O6S. The molecule has 0 fully saturated rings. The number of carbonyl (C=O) groups is 1. The van der Waals surface area contributed by atoms with Gasteiger partial charge in [0.15, 0.2) is 11.5 Å². The largest absolute Gasteiger partial charge is 0.495 e. The van der Waals surface area contributed by atoms with E-state index in [1.807, 2.05) is 0 Å². The van der Waals surface area contributed by atoms with Gasteiger partial charge in [0.1, 0.15) is 25.5 Å². The van der Waals surface area contributed by atoms with Crippen molar-refractivity contribution in [3.8, 4) is 17.2 Å². The summed E-state index contributed by atoms with van der Waals surface area (Å²) in [6.45, 7) is 1.96. The van der Waals surface area contributed by atoms with Crippen LogP contribution in [0, 0.1) is 0 Å². The van der Waals surface area contributed by atoms with Crippen LogP contribution in [0.3, 0.4) is 0 Å². The lowest BCUT2D eigenvalue weighted by molar-refractivity contribution is -0.114. The molecule has 0 atom stereocenters. The van der Waals surface area contributed by atoms with Gasteiger partial charge in [0, 0.05) is 6.07 Å². The van der Waals surface area contributed by atoms with Crippen molar-refractivity contribution < 1.29 is 27.4 Å². The van der Waals surface area contributed by atoms with E-state index in [2.05, 4.69) is 5.32 Å². The van der Waals surface area contributed by atoms with Crippen LogP contribution in [0.1, 0.15) is 6.92 Å². The Bertz CT molecular complexity index is 961. The van der Waals surface area contributed by atoms with Gasteiger partial charge in [-0.1, -0.05) is 12.1 Å². The summed E-state index contributed by atoms with van der Waals surface area (Å²) in [7, 11) is -2.20. The summed E-state index contributed by atoms with van der Waals surface area (Å²) in [6.07, 6.45) is 0. The van der Waals surface area contributed by atoms with Crippen molar-refractivity contribution >= 4 is 27.3 Å². The average molecular weight is 406 g/mol. The van der Waals surface area contributed by atoms with Crippen molar-refractivity contribution in [3.05, 3.63) is 42.5 Å². The number of ether oxygens (including phenoxy) is 3. The van der Waals surface area contributed by atoms with Crippen molar-refractivity contribution in [1.29, 1.82) is 0 Å².